The number of carbonyl (C=O) groups is 2. The Morgan fingerprint density at radius 1 is 1.20 bits per heavy atom. The molecule has 2 saturated heterocycles. The molecule has 30 heavy (non-hydrogen) atoms. The smallest absolute Gasteiger partial charge is 0.251 e. The van der Waals surface area contributed by atoms with Gasteiger partial charge in [0.15, 0.2) is 0 Å². The molecule has 2 fully saturated rings. The second-order valence-electron chi connectivity index (χ2n) is 7.73. The summed E-state index contributed by atoms with van der Waals surface area (Å²) >= 11 is 0. The lowest BCUT2D eigenvalue weighted by molar-refractivity contribution is -0.138. The Morgan fingerprint density at radius 3 is 2.73 bits per heavy atom. The van der Waals surface area contributed by atoms with E-state index < -0.39 is 0 Å². The number of aryl methyl sites for hydroxylation is 1. The summed E-state index contributed by atoms with van der Waals surface area (Å²) in [5.41, 5.74) is 2.09. The number of carbonyl (C=O) groups excluding carboxylic acids is 2. The van der Waals surface area contributed by atoms with Gasteiger partial charge in [-0.15, -0.1) is 0 Å². The molecule has 0 aliphatic carbocycles. The number of ether oxygens (including phenoxy) is 1. The second-order valence-corrected chi connectivity index (χ2v) is 7.73. The number of anilines is 1. The van der Waals surface area contributed by atoms with Gasteiger partial charge in [-0.3, -0.25) is 9.59 Å². The van der Waals surface area contributed by atoms with Crippen molar-refractivity contribution in [1.29, 1.82) is 5.26 Å². The maximum atomic E-state index is 13.1. The van der Waals surface area contributed by atoms with Crippen molar-refractivity contribution in [2.75, 3.05) is 24.5 Å². The van der Waals surface area contributed by atoms with Crippen LogP contribution in [0.2, 0.25) is 0 Å². The van der Waals surface area contributed by atoms with Gasteiger partial charge in [-0.1, -0.05) is 17.7 Å². The van der Waals surface area contributed by atoms with Gasteiger partial charge in [-0.25, -0.2) is 9.97 Å². The van der Waals surface area contributed by atoms with Crippen LogP contribution in [-0.2, 0) is 9.59 Å². The molecule has 2 aliphatic rings. The van der Waals surface area contributed by atoms with Gasteiger partial charge in [-0.2, -0.15) is 5.26 Å². The number of hydrogen-bond donors (Lipinski definition) is 0. The summed E-state index contributed by atoms with van der Waals surface area (Å²) in [6, 6.07) is 9.73. The van der Waals surface area contributed by atoms with Gasteiger partial charge < -0.3 is 14.5 Å². The molecule has 0 N–H and O–H groups in total. The Balaban J connectivity index is 1.40. The quantitative estimate of drug-likeness (QED) is 0.772. The maximum Gasteiger partial charge on any atom is 0.251 e. The molecule has 3 heterocycles. The molecule has 154 valence electrons. The predicted octanol–water partition coefficient (Wildman–Crippen LogP) is 2.08. The fraction of sp³-hybridized carbons (Fsp3) is 0.409. The van der Waals surface area contributed by atoms with Crippen LogP contribution in [0, 0.1) is 24.2 Å². The summed E-state index contributed by atoms with van der Waals surface area (Å²) in [7, 11) is 0. The molecule has 2 aromatic rings. The molecule has 2 unspecified atom stereocenters. The standard InChI is InChI=1S/C22H23N5O3/c1-15-4-6-17(7-5-15)27-13-16(11-20(27)28)22(29)26-10-2-3-18(14-26)30-21-19(12-23)24-8-9-25-21/h4-9,16,18H,2-3,10-11,13-14H2,1H3. The van der Waals surface area contributed by atoms with Gasteiger partial charge >= 0.3 is 0 Å². The third-order valence-corrected chi connectivity index (χ3v) is 5.56. The lowest BCUT2D eigenvalue weighted by Crippen LogP contribution is -2.47. The van der Waals surface area contributed by atoms with Crippen molar-refractivity contribution in [3.8, 4) is 11.9 Å². The third kappa shape index (κ3) is 4.10. The van der Waals surface area contributed by atoms with Gasteiger partial charge in [0, 0.05) is 37.6 Å². The minimum absolute atomic E-state index is 0.0223. The van der Waals surface area contributed by atoms with Crippen LogP contribution in [0.25, 0.3) is 0 Å². The summed E-state index contributed by atoms with van der Waals surface area (Å²) in [6.45, 7) is 3.44. The third-order valence-electron chi connectivity index (χ3n) is 5.56. The highest BCUT2D eigenvalue weighted by atomic mass is 16.5. The topological polar surface area (TPSA) is 99.4 Å². The SMILES string of the molecule is Cc1ccc(N2CC(C(=O)N3CCCC(Oc4nccnc4C#N)C3)CC2=O)cc1. The Labute approximate surface area is 175 Å². The fourth-order valence-corrected chi connectivity index (χ4v) is 3.99. The summed E-state index contributed by atoms with van der Waals surface area (Å²) < 4.78 is 5.88. The molecule has 0 spiro atoms. The molecule has 2 atom stereocenters. The van der Waals surface area contributed by atoms with E-state index in [0.717, 1.165) is 24.1 Å². The average Bonchev–Trinajstić information content (AvgIpc) is 3.16. The molecule has 4 rings (SSSR count). The Morgan fingerprint density at radius 2 is 1.97 bits per heavy atom. The fourth-order valence-electron chi connectivity index (χ4n) is 3.99. The summed E-state index contributed by atoms with van der Waals surface area (Å²) in [5.74, 6) is -0.212. The van der Waals surface area contributed by atoms with Crippen molar-refractivity contribution < 1.29 is 14.3 Å². The lowest BCUT2D eigenvalue weighted by atomic mass is 10.0. The molecular formula is C22H23N5O3. The number of amides is 2. The number of benzene rings is 1. The number of rotatable bonds is 4. The van der Waals surface area contributed by atoms with Crippen LogP contribution >= 0.6 is 0 Å². The molecule has 0 saturated carbocycles. The largest absolute Gasteiger partial charge is 0.470 e. The van der Waals surface area contributed by atoms with Gasteiger partial charge in [-0.05, 0) is 31.9 Å². The van der Waals surface area contributed by atoms with Crippen LogP contribution in [0.15, 0.2) is 36.7 Å². The number of hydrogen-bond acceptors (Lipinski definition) is 6. The van der Waals surface area contributed by atoms with Crippen molar-refractivity contribution in [3.05, 3.63) is 47.9 Å². The summed E-state index contributed by atoms with van der Waals surface area (Å²) in [4.78, 5) is 37.1. The van der Waals surface area contributed by atoms with Gasteiger partial charge in [0.1, 0.15) is 12.2 Å². The first-order valence-electron chi connectivity index (χ1n) is 10.1. The Kier molecular flexibility index (Phi) is 5.61. The van der Waals surface area contributed by atoms with Gasteiger partial charge in [0.2, 0.25) is 17.5 Å². The maximum absolute atomic E-state index is 13.1. The zero-order valence-corrected chi connectivity index (χ0v) is 16.8. The first-order valence-corrected chi connectivity index (χ1v) is 10.1. The molecule has 0 radical (unpaired) electrons. The van der Waals surface area contributed by atoms with E-state index in [4.69, 9.17) is 10.00 Å². The first kappa shape index (κ1) is 19.8. The van der Waals surface area contributed by atoms with E-state index in [9.17, 15) is 9.59 Å². The van der Waals surface area contributed by atoms with Crippen molar-refractivity contribution in [3.63, 3.8) is 0 Å². The van der Waals surface area contributed by atoms with Crippen molar-refractivity contribution in [1.82, 2.24) is 14.9 Å². The lowest BCUT2D eigenvalue weighted by Gasteiger charge is -2.34. The highest BCUT2D eigenvalue weighted by molar-refractivity contribution is 6.00. The van der Waals surface area contributed by atoms with Crippen LogP contribution in [0.3, 0.4) is 0 Å². The van der Waals surface area contributed by atoms with Crippen LogP contribution in [0.4, 0.5) is 5.69 Å². The normalized spacial score (nSPS) is 21.4. The molecule has 0 bridgehead atoms. The van der Waals surface area contributed by atoms with E-state index in [-0.39, 0.29) is 41.8 Å². The Bertz CT molecular complexity index is 985. The number of nitrogens with zero attached hydrogens (tertiary/aromatic N) is 5. The molecule has 1 aromatic heterocycles. The summed E-state index contributed by atoms with van der Waals surface area (Å²) in [5, 5.41) is 9.16. The van der Waals surface area contributed by atoms with Gasteiger partial charge in [0.25, 0.3) is 5.88 Å². The van der Waals surface area contributed by atoms with E-state index in [1.165, 1.54) is 12.4 Å². The minimum Gasteiger partial charge on any atom is -0.470 e. The molecule has 8 nitrogen and oxygen atoms in total. The summed E-state index contributed by atoms with van der Waals surface area (Å²) in [6.07, 6.45) is 4.45. The molecule has 8 heteroatoms. The second kappa shape index (κ2) is 8.49. The van der Waals surface area contributed by atoms with Crippen LogP contribution < -0.4 is 9.64 Å². The monoisotopic (exact) mass is 405 g/mol. The zero-order chi connectivity index (χ0) is 21.1. The minimum atomic E-state index is -0.358. The molecule has 1 aromatic carbocycles. The molecular weight excluding hydrogens is 382 g/mol. The zero-order valence-electron chi connectivity index (χ0n) is 16.8. The average molecular weight is 405 g/mol. The number of aromatic nitrogens is 2. The molecule has 2 amide bonds. The number of likely N-dealkylation sites (tertiary alicyclic amines) is 1. The van der Waals surface area contributed by atoms with Crippen molar-refractivity contribution in [2.45, 2.75) is 32.3 Å². The van der Waals surface area contributed by atoms with E-state index in [2.05, 4.69) is 9.97 Å². The first-order chi connectivity index (χ1) is 14.5. The van der Waals surface area contributed by atoms with Crippen molar-refractivity contribution >= 4 is 17.5 Å². The predicted molar refractivity (Wildman–Crippen MR) is 109 cm³/mol. The number of piperidine rings is 1. The van der Waals surface area contributed by atoms with Crippen LogP contribution in [0.1, 0.15) is 30.5 Å². The molecule has 2 aliphatic heterocycles. The number of nitriles is 1. The van der Waals surface area contributed by atoms with E-state index >= 15 is 0 Å². The highest BCUT2D eigenvalue weighted by Crippen LogP contribution is 2.28. The van der Waals surface area contributed by atoms with Crippen LogP contribution in [0.5, 0.6) is 5.88 Å². The van der Waals surface area contributed by atoms with E-state index in [0.29, 0.717) is 19.6 Å². The van der Waals surface area contributed by atoms with E-state index in [1.807, 2.05) is 37.3 Å². The van der Waals surface area contributed by atoms with Gasteiger partial charge in [0.05, 0.1) is 12.5 Å². The van der Waals surface area contributed by atoms with E-state index in [1.54, 1.807) is 9.80 Å². The van der Waals surface area contributed by atoms with Crippen LogP contribution in [-0.4, -0.2) is 52.4 Å². The highest BCUT2D eigenvalue weighted by Gasteiger charge is 2.38. The Hall–Kier alpha value is -3.47. The van der Waals surface area contributed by atoms with Crippen molar-refractivity contribution in [2.24, 2.45) is 5.92 Å².